The van der Waals surface area contributed by atoms with Crippen LogP contribution in [0.15, 0.2) is 48.1 Å². The van der Waals surface area contributed by atoms with Crippen molar-refractivity contribution >= 4 is 34.3 Å². The Hall–Kier alpha value is -3.00. The molecule has 1 aliphatic rings. The van der Waals surface area contributed by atoms with Crippen LogP contribution in [0.25, 0.3) is 0 Å². The van der Waals surface area contributed by atoms with Crippen LogP contribution in [0.3, 0.4) is 0 Å². The van der Waals surface area contributed by atoms with Gasteiger partial charge >= 0.3 is 5.69 Å². The Morgan fingerprint density at radius 3 is 2.92 bits per heavy atom. The maximum absolute atomic E-state index is 11.8. The molecule has 4 rings (SSSR count). The second kappa shape index (κ2) is 7.09. The summed E-state index contributed by atoms with van der Waals surface area (Å²) in [6, 6.07) is 12.0. The molecular formula is C18H17N5O2S. The van der Waals surface area contributed by atoms with Crippen LogP contribution in [0.1, 0.15) is 10.4 Å². The lowest BCUT2D eigenvalue weighted by atomic mass is 10.2. The van der Waals surface area contributed by atoms with E-state index in [4.69, 9.17) is 0 Å². The summed E-state index contributed by atoms with van der Waals surface area (Å²) < 4.78 is 0. The Kier molecular flexibility index (Phi) is 4.49. The number of fused-ring (bicyclic) bond motifs is 1. The fourth-order valence-electron chi connectivity index (χ4n) is 3.18. The van der Waals surface area contributed by atoms with Gasteiger partial charge in [-0.2, -0.15) is 0 Å². The number of hydrogen-bond acceptors (Lipinski definition) is 7. The van der Waals surface area contributed by atoms with E-state index in [1.165, 1.54) is 16.8 Å². The van der Waals surface area contributed by atoms with E-state index in [2.05, 4.69) is 15.3 Å². The van der Waals surface area contributed by atoms with Gasteiger partial charge in [0.2, 0.25) is 11.6 Å². The molecule has 0 spiro atoms. The van der Waals surface area contributed by atoms with Gasteiger partial charge in [0.25, 0.3) is 0 Å². The van der Waals surface area contributed by atoms with Gasteiger partial charge in [-0.25, -0.2) is 9.97 Å². The van der Waals surface area contributed by atoms with E-state index < -0.39 is 4.92 Å². The highest BCUT2D eigenvalue weighted by atomic mass is 32.1. The summed E-state index contributed by atoms with van der Waals surface area (Å²) in [7, 11) is 0. The van der Waals surface area contributed by atoms with Gasteiger partial charge < -0.3 is 10.2 Å². The maximum atomic E-state index is 11.8. The highest BCUT2D eigenvalue weighted by molar-refractivity contribution is 7.09. The Bertz CT molecular complexity index is 929. The number of anilines is 3. The molecule has 3 heterocycles. The minimum atomic E-state index is -0.399. The average Bonchev–Trinajstić information content (AvgIpc) is 3.31. The Morgan fingerprint density at radius 1 is 1.23 bits per heavy atom. The molecule has 0 fully saturated rings. The third-order valence-electron chi connectivity index (χ3n) is 4.37. The van der Waals surface area contributed by atoms with Crippen molar-refractivity contribution in [3.8, 4) is 0 Å². The Morgan fingerprint density at radius 2 is 2.12 bits per heavy atom. The summed E-state index contributed by atoms with van der Waals surface area (Å²) in [4.78, 5) is 22.8. The number of aromatic nitrogens is 2. The molecule has 2 aromatic heterocycles. The highest BCUT2D eigenvalue weighted by Gasteiger charge is 2.31. The fraction of sp³-hybridized carbons (Fsp3) is 0.222. The number of nitrogens with one attached hydrogen (secondary N) is 1. The second-order valence-corrected chi connectivity index (χ2v) is 6.97. The second-order valence-electron chi connectivity index (χ2n) is 5.94. The van der Waals surface area contributed by atoms with E-state index in [9.17, 15) is 10.1 Å². The first-order chi connectivity index (χ1) is 12.7. The molecule has 0 atom stereocenters. The number of benzene rings is 1. The summed E-state index contributed by atoms with van der Waals surface area (Å²) in [5, 5.41) is 16.9. The summed E-state index contributed by atoms with van der Waals surface area (Å²) >= 11 is 1.67. The highest BCUT2D eigenvalue weighted by Crippen LogP contribution is 2.40. The summed E-state index contributed by atoms with van der Waals surface area (Å²) in [6.07, 6.45) is 3.02. The van der Waals surface area contributed by atoms with Gasteiger partial charge in [-0.15, -0.1) is 11.3 Å². The lowest BCUT2D eigenvalue weighted by Gasteiger charge is -2.19. The molecule has 0 saturated heterocycles. The van der Waals surface area contributed by atoms with Gasteiger partial charge in [0, 0.05) is 23.7 Å². The van der Waals surface area contributed by atoms with Crippen LogP contribution >= 0.6 is 11.3 Å². The number of nitrogens with zero attached hydrogens (tertiary/aromatic N) is 4. The molecule has 0 amide bonds. The predicted octanol–water partition coefficient (Wildman–Crippen LogP) is 3.80. The first-order valence-electron chi connectivity index (χ1n) is 8.35. The molecule has 1 aromatic carbocycles. The molecule has 0 unspecified atom stereocenters. The van der Waals surface area contributed by atoms with Crippen molar-refractivity contribution in [3.05, 3.63) is 68.7 Å². The number of thiophene rings is 1. The van der Waals surface area contributed by atoms with E-state index in [0.29, 0.717) is 18.9 Å². The van der Waals surface area contributed by atoms with E-state index in [-0.39, 0.29) is 11.5 Å². The third-order valence-corrected chi connectivity index (χ3v) is 5.31. The zero-order valence-electron chi connectivity index (χ0n) is 14.0. The molecule has 8 heteroatoms. The van der Waals surface area contributed by atoms with Crippen molar-refractivity contribution in [2.75, 3.05) is 23.3 Å². The van der Waals surface area contributed by atoms with Gasteiger partial charge in [-0.3, -0.25) is 10.1 Å². The minimum absolute atomic E-state index is 0.0737. The monoisotopic (exact) mass is 367 g/mol. The normalized spacial score (nSPS) is 12.8. The third kappa shape index (κ3) is 3.11. The fourth-order valence-corrected chi connectivity index (χ4v) is 3.89. The van der Waals surface area contributed by atoms with Crippen LogP contribution < -0.4 is 10.2 Å². The summed E-state index contributed by atoms with van der Waals surface area (Å²) in [6.45, 7) is 1.25. The first kappa shape index (κ1) is 16.5. The molecule has 1 aliphatic heterocycles. The van der Waals surface area contributed by atoms with Gasteiger partial charge in [-0.1, -0.05) is 24.3 Å². The van der Waals surface area contributed by atoms with E-state index in [1.54, 1.807) is 11.3 Å². The van der Waals surface area contributed by atoms with E-state index in [0.717, 1.165) is 18.5 Å². The maximum Gasteiger partial charge on any atom is 0.353 e. The van der Waals surface area contributed by atoms with Crippen molar-refractivity contribution < 1.29 is 4.92 Å². The van der Waals surface area contributed by atoms with Crippen LogP contribution in [0.5, 0.6) is 0 Å². The summed E-state index contributed by atoms with van der Waals surface area (Å²) in [5.41, 5.74) is 2.07. The number of rotatable bonds is 6. The van der Waals surface area contributed by atoms with Gasteiger partial charge in [0.1, 0.15) is 6.33 Å². The largest absolute Gasteiger partial charge is 0.364 e. The topological polar surface area (TPSA) is 84.2 Å². The van der Waals surface area contributed by atoms with E-state index >= 15 is 0 Å². The van der Waals surface area contributed by atoms with Crippen LogP contribution in [0.4, 0.5) is 23.0 Å². The smallest absolute Gasteiger partial charge is 0.353 e. The van der Waals surface area contributed by atoms with Crippen molar-refractivity contribution in [1.29, 1.82) is 0 Å². The SMILES string of the molecule is O=[N+]([O-])c1c(NCCc2cccs2)ncnc1N1CCc2ccccc21. The lowest BCUT2D eigenvalue weighted by Crippen LogP contribution is -2.18. The molecule has 0 radical (unpaired) electrons. The molecule has 0 bridgehead atoms. The van der Waals surface area contributed by atoms with Gasteiger partial charge in [0.05, 0.1) is 4.92 Å². The average molecular weight is 367 g/mol. The molecule has 7 nitrogen and oxygen atoms in total. The standard InChI is InChI=1S/C18H17N5O2S/c24-23(25)16-17(19-9-7-14-5-3-11-26-14)20-12-21-18(16)22-10-8-13-4-1-2-6-15(13)22/h1-6,11-12H,7-10H2,(H,19,20,21). The van der Waals surface area contributed by atoms with Gasteiger partial charge in [0.15, 0.2) is 0 Å². The Labute approximate surface area is 154 Å². The molecule has 132 valence electrons. The molecule has 3 aromatic rings. The van der Waals surface area contributed by atoms with Crippen LogP contribution in [-0.2, 0) is 12.8 Å². The molecular weight excluding hydrogens is 350 g/mol. The molecule has 0 saturated carbocycles. The lowest BCUT2D eigenvalue weighted by molar-refractivity contribution is -0.383. The minimum Gasteiger partial charge on any atom is -0.364 e. The number of hydrogen-bond donors (Lipinski definition) is 1. The van der Waals surface area contributed by atoms with Crippen molar-refractivity contribution in [3.63, 3.8) is 0 Å². The number of para-hydroxylation sites is 1. The van der Waals surface area contributed by atoms with Crippen LogP contribution in [-0.4, -0.2) is 28.0 Å². The zero-order valence-corrected chi connectivity index (χ0v) is 14.8. The number of nitro groups is 1. The quantitative estimate of drug-likeness (QED) is 0.527. The van der Waals surface area contributed by atoms with Crippen molar-refractivity contribution in [2.45, 2.75) is 12.8 Å². The van der Waals surface area contributed by atoms with Crippen LogP contribution in [0.2, 0.25) is 0 Å². The predicted molar refractivity (Wildman–Crippen MR) is 102 cm³/mol. The van der Waals surface area contributed by atoms with Crippen LogP contribution in [0, 0.1) is 10.1 Å². The van der Waals surface area contributed by atoms with Crippen molar-refractivity contribution in [1.82, 2.24) is 9.97 Å². The molecule has 1 N–H and O–H groups in total. The van der Waals surface area contributed by atoms with Gasteiger partial charge in [-0.05, 0) is 35.9 Å². The molecule has 26 heavy (non-hydrogen) atoms. The Balaban J connectivity index is 1.62. The zero-order chi connectivity index (χ0) is 17.9. The summed E-state index contributed by atoms with van der Waals surface area (Å²) in [5.74, 6) is 0.606. The van der Waals surface area contributed by atoms with Crippen molar-refractivity contribution in [2.24, 2.45) is 0 Å². The van der Waals surface area contributed by atoms with E-state index in [1.807, 2.05) is 46.7 Å². The molecule has 0 aliphatic carbocycles. The first-order valence-corrected chi connectivity index (χ1v) is 9.23.